The summed E-state index contributed by atoms with van der Waals surface area (Å²) in [6.45, 7) is 9.24. The molecule has 0 aliphatic rings. The zero-order valence-corrected chi connectivity index (χ0v) is 9.04. The molecule has 2 unspecified atom stereocenters. The van der Waals surface area contributed by atoms with Crippen LogP contribution in [0.5, 0.6) is 0 Å². The van der Waals surface area contributed by atoms with Gasteiger partial charge < -0.3 is 10.0 Å². The minimum absolute atomic E-state index is 0.191. The van der Waals surface area contributed by atoms with Gasteiger partial charge in [-0.3, -0.25) is 0 Å². The lowest BCUT2D eigenvalue weighted by Crippen LogP contribution is -2.37. The van der Waals surface area contributed by atoms with Gasteiger partial charge in [0.1, 0.15) is 0 Å². The van der Waals surface area contributed by atoms with Crippen LogP contribution in [0.2, 0.25) is 0 Å². The lowest BCUT2D eigenvalue weighted by Gasteiger charge is -2.27. The number of aliphatic hydroxyl groups is 1. The highest BCUT2D eigenvalue weighted by Gasteiger charge is 2.14. The first-order chi connectivity index (χ1) is 5.49. The molecular formula is C10H23NO. The van der Waals surface area contributed by atoms with Crippen LogP contribution in [0.15, 0.2) is 0 Å². The van der Waals surface area contributed by atoms with Crippen LogP contribution < -0.4 is 0 Å². The normalized spacial score (nSPS) is 17.0. The smallest absolute Gasteiger partial charge is 0.0689 e. The van der Waals surface area contributed by atoms with Crippen molar-refractivity contribution in [2.24, 2.45) is 5.92 Å². The van der Waals surface area contributed by atoms with E-state index >= 15 is 0 Å². The monoisotopic (exact) mass is 173 g/mol. The van der Waals surface area contributed by atoms with Gasteiger partial charge in [-0.1, -0.05) is 20.8 Å². The van der Waals surface area contributed by atoms with Crippen LogP contribution in [-0.4, -0.2) is 35.7 Å². The third kappa shape index (κ3) is 4.07. The molecule has 0 aromatic heterocycles. The van der Waals surface area contributed by atoms with E-state index in [0.717, 1.165) is 13.0 Å². The molecule has 0 amide bonds. The molecule has 0 aromatic carbocycles. The van der Waals surface area contributed by atoms with Gasteiger partial charge in [-0.2, -0.15) is 0 Å². The Kier molecular flexibility index (Phi) is 5.51. The fourth-order valence-corrected chi connectivity index (χ4v) is 0.997. The van der Waals surface area contributed by atoms with Crippen LogP contribution in [0, 0.1) is 5.92 Å². The molecule has 1 N–H and O–H groups in total. The minimum atomic E-state index is -0.191. The van der Waals surface area contributed by atoms with E-state index in [2.05, 4.69) is 39.6 Å². The first-order valence-corrected chi connectivity index (χ1v) is 4.87. The summed E-state index contributed by atoms with van der Waals surface area (Å²) in [5.74, 6) is 0.358. The van der Waals surface area contributed by atoms with E-state index in [1.807, 2.05) is 0 Å². The summed E-state index contributed by atoms with van der Waals surface area (Å²) in [4.78, 5) is 2.21. The van der Waals surface area contributed by atoms with Crippen LogP contribution in [0.4, 0.5) is 0 Å². The zero-order valence-electron chi connectivity index (χ0n) is 9.04. The van der Waals surface area contributed by atoms with E-state index in [9.17, 15) is 5.11 Å². The van der Waals surface area contributed by atoms with E-state index in [1.165, 1.54) is 0 Å². The Morgan fingerprint density at radius 3 is 2.08 bits per heavy atom. The van der Waals surface area contributed by atoms with Gasteiger partial charge in [0, 0.05) is 12.6 Å². The van der Waals surface area contributed by atoms with Gasteiger partial charge in [0.2, 0.25) is 0 Å². The average molecular weight is 173 g/mol. The first-order valence-electron chi connectivity index (χ1n) is 4.87. The predicted molar refractivity (Wildman–Crippen MR) is 53.2 cm³/mol. The highest BCUT2D eigenvalue weighted by Crippen LogP contribution is 2.06. The second-order valence-corrected chi connectivity index (χ2v) is 4.01. The Morgan fingerprint density at radius 1 is 1.25 bits per heavy atom. The molecule has 0 heterocycles. The Morgan fingerprint density at radius 2 is 1.75 bits per heavy atom. The maximum atomic E-state index is 9.60. The molecule has 0 fully saturated rings. The summed E-state index contributed by atoms with van der Waals surface area (Å²) in [5, 5.41) is 9.60. The second-order valence-electron chi connectivity index (χ2n) is 4.01. The fourth-order valence-electron chi connectivity index (χ4n) is 0.997. The molecule has 0 rings (SSSR count). The standard InChI is InChI=1S/C10H23NO/c1-6-9(4)11(5)7-10(12)8(2)3/h8-10,12H,6-7H2,1-5H3. The molecule has 0 saturated carbocycles. The Balaban J connectivity index is 3.75. The van der Waals surface area contributed by atoms with Crippen molar-refractivity contribution in [1.82, 2.24) is 4.90 Å². The van der Waals surface area contributed by atoms with Gasteiger partial charge in [-0.15, -0.1) is 0 Å². The SMILES string of the molecule is CCC(C)N(C)CC(O)C(C)C. The van der Waals surface area contributed by atoms with E-state index in [1.54, 1.807) is 0 Å². The molecule has 0 aliphatic carbocycles. The summed E-state index contributed by atoms with van der Waals surface area (Å²) in [5.41, 5.74) is 0. The topological polar surface area (TPSA) is 23.5 Å². The van der Waals surface area contributed by atoms with Gasteiger partial charge in [0.05, 0.1) is 6.10 Å². The van der Waals surface area contributed by atoms with Crippen LogP contribution in [-0.2, 0) is 0 Å². The number of hydrogen-bond donors (Lipinski definition) is 1. The lowest BCUT2D eigenvalue weighted by atomic mass is 10.1. The van der Waals surface area contributed by atoms with Crippen molar-refractivity contribution in [1.29, 1.82) is 0 Å². The molecule has 0 radical (unpaired) electrons. The summed E-state index contributed by atoms with van der Waals surface area (Å²) in [6.07, 6.45) is 0.949. The number of likely N-dealkylation sites (N-methyl/N-ethyl adjacent to an activating group) is 1. The van der Waals surface area contributed by atoms with Gasteiger partial charge in [-0.25, -0.2) is 0 Å². The summed E-state index contributed by atoms with van der Waals surface area (Å²) >= 11 is 0. The van der Waals surface area contributed by atoms with E-state index < -0.39 is 0 Å². The molecule has 2 heteroatoms. The molecule has 12 heavy (non-hydrogen) atoms. The van der Waals surface area contributed by atoms with E-state index in [4.69, 9.17) is 0 Å². The number of nitrogens with zero attached hydrogens (tertiary/aromatic N) is 1. The predicted octanol–water partition coefficient (Wildman–Crippen LogP) is 1.73. The molecular weight excluding hydrogens is 150 g/mol. The lowest BCUT2D eigenvalue weighted by molar-refractivity contribution is 0.0723. The van der Waals surface area contributed by atoms with Crippen molar-refractivity contribution in [2.75, 3.05) is 13.6 Å². The second kappa shape index (κ2) is 5.55. The molecule has 0 spiro atoms. The maximum Gasteiger partial charge on any atom is 0.0689 e. The average Bonchev–Trinajstić information content (AvgIpc) is 2.02. The van der Waals surface area contributed by atoms with Crippen LogP contribution in [0.1, 0.15) is 34.1 Å². The van der Waals surface area contributed by atoms with Crippen LogP contribution in [0.25, 0.3) is 0 Å². The molecule has 2 atom stereocenters. The third-order valence-corrected chi connectivity index (χ3v) is 2.59. The molecule has 0 aromatic rings. The van der Waals surface area contributed by atoms with Crippen LogP contribution >= 0.6 is 0 Å². The largest absolute Gasteiger partial charge is 0.392 e. The number of rotatable bonds is 5. The maximum absolute atomic E-state index is 9.60. The summed E-state index contributed by atoms with van der Waals surface area (Å²) in [7, 11) is 2.07. The van der Waals surface area contributed by atoms with Crippen molar-refractivity contribution in [3.05, 3.63) is 0 Å². The third-order valence-electron chi connectivity index (χ3n) is 2.59. The van der Waals surface area contributed by atoms with E-state index in [-0.39, 0.29) is 6.10 Å². The highest BCUT2D eigenvalue weighted by atomic mass is 16.3. The van der Waals surface area contributed by atoms with Gasteiger partial charge in [-0.05, 0) is 26.3 Å². The van der Waals surface area contributed by atoms with Gasteiger partial charge in [0.25, 0.3) is 0 Å². The van der Waals surface area contributed by atoms with Gasteiger partial charge in [0.15, 0.2) is 0 Å². The Bertz CT molecular complexity index is 114. The summed E-state index contributed by atoms with van der Waals surface area (Å²) in [6, 6.07) is 0.568. The van der Waals surface area contributed by atoms with Crippen molar-refractivity contribution < 1.29 is 5.11 Å². The Labute approximate surface area is 76.6 Å². The van der Waals surface area contributed by atoms with Crippen molar-refractivity contribution >= 4 is 0 Å². The van der Waals surface area contributed by atoms with Crippen molar-refractivity contribution in [3.8, 4) is 0 Å². The number of hydrogen-bond acceptors (Lipinski definition) is 2. The zero-order chi connectivity index (χ0) is 9.72. The summed E-state index contributed by atoms with van der Waals surface area (Å²) < 4.78 is 0. The van der Waals surface area contributed by atoms with E-state index in [0.29, 0.717) is 12.0 Å². The number of aliphatic hydroxyl groups excluding tert-OH is 1. The molecule has 2 nitrogen and oxygen atoms in total. The van der Waals surface area contributed by atoms with Crippen molar-refractivity contribution in [2.45, 2.75) is 46.3 Å². The Hall–Kier alpha value is -0.0800. The molecule has 0 aliphatic heterocycles. The molecule has 74 valence electrons. The van der Waals surface area contributed by atoms with Crippen LogP contribution in [0.3, 0.4) is 0 Å². The quantitative estimate of drug-likeness (QED) is 0.684. The first kappa shape index (κ1) is 11.9. The fraction of sp³-hybridized carbons (Fsp3) is 1.00. The molecule has 0 saturated heterocycles. The van der Waals surface area contributed by atoms with Gasteiger partial charge >= 0.3 is 0 Å². The minimum Gasteiger partial charge on any atom is -0.392 e. The highest BCUT2D eigenvalue weighted by molar-refractivity contribution is 4.68. The molecule has 0 bridgehead atoms. The van der Waals surface area contributed by atoms with Crippen molar-refractivity contribution in [3.63, 3.8) is 0 Å².